The first-order chi connectivity index (χ1) is 16.7. The highest BCUT2D eigenvalue weighted by Gasteiger charge is 2.24. The van der Waals surface area contributed by atoms with Gasteiger partial charge in [0.1, 0.15) is 17.2 Å². The molecule has 0 bridgehead atoms. The fourth-order valence-electron chi connectivity index (χ4n) is 3.60. The van der Waals surface area contributed by atoms with Crippen LogP contribution in [0.15, 0.2) is 77.6 Å². The van der Waals surface area contributed by atoms with Crippen molar-refractivity contribution in [3.05, 3.63) is 84.4 Å². The summed E-state index contributed by atoms with van der Waals surface area (Å²) in [6, 6.07) is 17.9. The molecule has 0 atom stereocenters. The highest BCUT2D eigenvalue weighted by Crippen LogP contribution is 2.32. The number of nitrogens with one attached hydrogen (secondary N) is 1. The molecule has 0 aliphatic heterocycles. The van der Waals surface area contributed by atoms with E-state index in [0.717, 1.165) is 30.6 Å². The molecule has 5 aromatic rings. The molecule has 3 heterocycles. The lowest BCUT2D eigenvalue weighted by atomic mass is 10.1. The maximum atomic E-state index is 14.6. The first-order valence-electron chi connectivity index (χ1n) is 11.0. The van der Waals surface area contributed by atoms with E-state index in [9.17, 15) is 4.39 Å². The van der Waals surface area contributed by atoms with Crippen LogP contribution in [0.1, 0.15) is 18.9 Å². The van der Waals surface area contributed by atoms with Crippen LogP contribution in [0.25, 0.3) is 39.9 Å². The van der Waals surface area contributed by atoms with Gasteiger partial charge < -0.3 is 9.84 Å². The summed E-state index contributed by atoms with van der Waals surface area (Å²) >= 11 is 0. The molecule has 170 valence electrons. The first-order valence-corrected chi connectivity index (χ1v) is 11.0. The van der Waals surface area contributed by atoms with Crippen molar-refractivity contribution in [3.63, 3.8) is 0 Å². The van der Waals surface area contributed by atoms with Crippen molar-refractivity contribution in [2.75, 3.05) is 6.54 Å². The SMILES string of the molecule is CCCNCc1ccc(-c2noc(-c3nnn(-c4ccccc4F)c3-c3ccncc3)n2)cc1. The van der Waals surface area contributed by atoms with Gasteiger partial charge in [0, 0.05) is 30.1 Å². The lowest BCUT2D eigenvalue weighted by molar-refractivity contribution is 0.431. The van der Waals surface area contributed by atoms with Gasteiger partial charge in [-0.2, -0.15) is 4.98 Å². The van der Waals surface area contributed by atoms with E-state index in [0.29, 0.717) is 17.2 Å². The number of para-hydroxylation sites is 1. The number of pyridine rings is 1. The van der Waals surface area contributed by atoms with Gasteiger partial charge in [-0.15, -0.1) is 5.10 Å². The summed E-state index contributed by atoms with van der Waals surface area (Å²) in [5.74, 6) is 0.205. The average Bonchev–Trinajstić information content (AvgIpc) is 3.53. The van der Waals surface area contributed by atoms with Crippen molar-refractivity contribution in [3.8, 4) is 39.9 Å². The second-order valence-electron chi connectivity index (χ2n) is 7.68. The third-order valence-corrected chi connectivity index (χ3v) is 5.30. The zero-order valence-electron chi connectivity index (χ0n) is 18.5. The van der Waals surface area contributed by atoms with Gasteiger partial charge >= 0.3 is 0 Å². The van der Waals surface area contributed by atoms with Gasteiger partial charge in [-0.05, 0) is 42.8 Å². The summed E-state index contributed by atoms with van der Waals surface area (Å²) < 4.78 is 21.6. The zero-order chi connectivity index (χ0) is 23.3. The van der Waals surface area contributed by atoms with Crippen LogP contribution in [0.2, 0.25) is 0 Å². The minimum absolute atomic E-state index is 0.193. The van der Waals surface area contributed by atoms with Crippen LogP contribution in [0, 0.1) is 5.82 Å². The van der Waals surface area contributed by atoms with Crippen LogP contribution in [0.4, 0.5) is 4.39 Å². The van der Waals surface area contributed by atoms with Crippen molar-refractivity contribution < 1.29 is 8.91 Å². The van der Waals surface area contributed by atoms with Crippen LogP contribution in [-0.2, 0) is 6.54 Å². The van der Waals surface area contributed by atoms with Gasteiger partial charge in [0.05, 0.1) is 0 Å². The van der Waals surface area contributed by atoms with E-state index in [4.69, 9.17) is 4.52 Å². The summed E-state index contributed by atoms with van der Waals surface area (Å²) in [5, 5.41) is 16.0. The summed E-state index contributed by atoms with van der Waals surface area (Å²) in [7, 11) is 0. The molecule has 0 radical (unpaired) electrons. The summed E-state index contributed by atoms with van der Waals surface area (Å²) in [6.07, 6.45) is 4.38. The Bertz CT molecular complexity index is 1380. The van der Waals surface area contributed by atoms with E-state index in [1.165, 1.54) is 16.3 Å². The van der Waals surface area contributed by atoms with Crippen molar-refractivity contribution in [2.24, 2.45) is 0 Å². The molecule has 0 aliphatic carbocycles. The van der Waals surface area contributed by atoms with Crippen LogP contribution >= 0.6 is 0 Å². The summed E-state index contributed by atoms with van der Waals surface area (Å²) in [5.41, 5.74) is 3.88. The monoisotopic (exact) mass is 455 g/mol. The van der Waals surface area contributed by atoms with Gasteiger partial charge in [0.25, 0.3) is 5.89 Å². The molecule has 8 nitrogen and oxygen atoms in total. The standard InChI is InChI=1S/C25H22FN7O/c1-2-13-28-16-17-7-9-19(10-8-17)24-29-25(34-31-24)22-23(18-11-14-27-15-12-18)33(32-30-22)21-6-4-3-5-20(21)26/h3-12,14-15,28H,2,13,16H2,1H3. The molecule has 3 aromatic heterocycles. The third kappa shape index (κ3) is 4.33. The fourth-order valence-corrected chi connectivity index (χ4v) is 3.60. The molecule has 0 spiro atoms. The largest absolute Gasteiger partial charge is 0.332 e. The lowest BCUT2D eigenvalue weighted by Crippen LogP contribution is -2.13. The summed E-state index contributed by atoms with van der Waals surface area (Å²) in [4.78, 5) is 8.62. The van der Waals surface area contributed by atoms with E-state index in [2.05, 4.69) is 37.7 Å². The molecule has 0 unspecified atom stereocenters. The molecule has 0 amide bonds. The second-order valence-corrected chi connectivity index (χ2v) is 7.68. The van der Waals surface area contributed by atoms with Crippen molar-refractivity contribution in [1.29, 1.82) is 0 Å². The predicted octanol–water partition coefficient (Wildman–Crippen LogP) is 4.69. The van der Waals surface area contributed by atoms with Gasteiger partial charge in [-0.1, -0.05) is 53.7 Å². The Balaban J connectivity index is 1.51. The predicted molar refractivity (Wildman–Crippen MR) is 125 cm³/mol. The smallest absolute Gasteiger partial charge is 0.281 e. The van der Waals surface area contributed by atoms with Crippen molar-refractivity contribution in [1.82, 2.24) is 35.4 Å². The Hall–Kier alpha value is -4.24. The third-order valence-electron chi connectivity index (χ3n) is 5.30. The molecule has 1 N–H and O–H groups in total. The van der Waals surface area contributed by atoms with Crippen LogP contribution in [0.3, 0.4) is 0 Å². The summed E-state index contributed by atoms with van der Waals surface area (Å²) in [6.45, 7) is 3.92. The highest BCUT2D eigenvalue weighted by molar-refractivity contribution is 5.76. The van der Waals surface area contributed by atoms with E-state index in [-0.39, 0.29) is 11.6 Å². The Kier molecular flexibility index (Phi) is 6.17. The number of halogens is 1. The minimum Gasteiger partial charge on any atom is -0.332 e. The van der Waals surface area contributed by atoms with Crippen molar-refractivity contribution in [2.45, 2.75) is 19.9 Å². The van der Waals surface area contributed by atoms with E-state index >= 15 is 0 Å². The van der Waals surface area contributed by atoms with Gasteiger partial charge in [-0.25, -0.2) is 9.07 Å². The normalized spacial score (nSPS) is 11.1. The number of hydrogen-bond donors (Lipinski definition) is 1. The molecule has 34 heavy (non-hydrogen) atoms. The Morgan fingerprint density at radius 1 is 0.971 bits per heavy atom. The Labute approximate surface area is 195 Å². The Morgan fingerprint density at radius 3 is 2.53 bits per heavy atom. The lowest BCUT2D eigenvalue weighted by Gasteiger charge is -2.08. The fraction of sp³-hybridized carbons (Fsp3) is 0.160. The van der Waals surface area contributed by atoms with Crippen LogP contribution in [-0.4, -0.2) is 36.7 Å². The molecule has 0 saturated carbocycles. The maximum Gasteiger partial charge on any atom is 0.281 e. The number of aromatic nitrogens is 6. The van der Waals surface area contributed by atoms with Crippen LogP contribution < -0.4 is 5.32 Å². The molecule has 0 aliphatic rings. The quantitative estimate of drug-likeness (QED) is 0.339. The van der Waals surface area contributed by atoms with Gasteiger partial charge in [0.2, 0.25) is 5.82 Å². The van der Waals surface area contributed by atoms with E-state index < -0.39 is 5.82 Å². The number of hydrogen-bond acceptors (Lipinski definition) is 7. The molecular weight excluding hydrogens is 433 g/mol. The number of rotatable bonds is 8. The second kappa shape index (κ2) is 9.72. The van der Waals surface area contributed by atoms with Crippen LogP contribution in [0.5, 0.6) is 0 Å². The minimum atomic E-state index is -0.422. The number of benzene rings is 2. The highest BCUT2D eigenvalue weighted by atomic mass is 19.1. The molecule has 0 fully saturated rings. The molecule has 9 heteroatoms. The van der Waals surface area contributed by atoms with Gasteiger partial charge in [0.15, 0.2) is 5.69 Å². The molecule has 5 rings (SSSR count). The Morgan fingerprint density at radius 2 is 1.76 bits per heavy atom. The molecule has 2 aromatic carbocycles. The number of nitrogens with zero attached hydrogens (tertiary/aromatic N) is 6. The van der Waals surface area contributed by atoms with E-state index in [1.807, 2.05) is 24.3 Å². The topological polar surface area (TPSA) is 94.6 Å². The zero-order valence-corrected chi connectivity index (χ0v) is 18.5. The van der Waals surface area contributed by atoms with Gasteiger partial charge in [-0.3, -0.25) is 4.98 Å². The molecule has 0 saturated heterocycles. The average molecular weight is 455 g/mol. The maximum absolute atomic E-state index is 14.6. The first kappa shape index (κ1) is 21.6. The molecular formula is C25H22FN7O. The van der Waals surface area contributed by atoms with Crippen molar-refractivity contribution >= 4 is 0 Å². The van der Waals surface area contributed by atoms with E-state index in [1.54, 1.807) is 42.7 Å².